The van der Waals surface area contributed by atoms with E-state index in [1.54, 1.807) is 0 Å². The lowest BCUT2D eigenvalue weighted by molar-refractivity contribution is -0.139. The first-order valence-electron chi connectivity index (χ1n) is 6.47. The largest absolute Gasteiger partial charge is 0.494 e. The molecule has 2 amide bonds. The molecule has 1 rings (SSSR count). The normalized spacial score (nSPS) is 11.9. The van der Waals surface area contributed by atoms with Crippen LogP contribution in [0.3, 0.4) is 0 Å². The molecule has 1 unspecified atom stereocenters. The van der Waals surface area contributed by atoms with Gasteiger partial charge in [0.15, 0.2) is 11.6 Å². The number of hydrogen-bond acceptors (Lipinski definition) is 3. The molecule has 0 aliphatic carbocycles. The maximum Gasteiger partial charge on any atom is 0.326 e. The molecular formula is C14H19FN2O4. The number of halogens is 1. The van der Waals surface area contributed by atoms with Gasteiger partial charge in [-0.1, -0.05) is 13.8 Å². The Morgan fingerprint density at radius 1 is 1.38 bits per heavy atom. The molecule has 0 saturated heterocycles. The van der Waals surface area contributed by atoms with Crippen LogP contribution < -0.4 is 15.4 Å². The number of urea groups is 1. The number of anilines is 1. The molecule has 0 saturated carbocycles. The molecule has 0 aliphatic heterocycles. The van der Waals surface area contributed by atoms with E-state index in [0.29, 0.717) is 12.1 Å². The van der Waals surface area contributed by atoms with Crippen LogP contribution in [0.15, 0.2) is 18.2 Å². The molecule has 7 heteroatoms. The summed E-state index contributed by atoms with van der Waals surface area (Å²) in [6.07, 6.45) is 0.315. The van der Waals surface area contributed by atoms with Crippen LogP contribution in [0.2, 0.25) is 0 Å². The fraction of sp³-hybridized carbons (Fsp3) is 0.429. The zero-order chi connectivity index (χ0) is 16.0. The van der Waals surface area contributed by atoms with E-state index >= 15 is 0 Å². The molecule has 0 aromatic heterocycles. The van der Waals surface area contributed by atoms with E-state index in [1.807, 2.05) is 13.8 Å². The first-order valence-corrected chi connectivity index (χ1v) is 6.47. The lowest BCUT2D eigenvalue weighted by atomic mass is 10.0. The Bertz CT molecular complexity index is 520. The van der Waals surface area contributed by atoms with Gasteiger partial charge in [0.05, 0.1) is 7.11 Å². The second-order valence-corrected chi connectivity index (χ2v) is 4.97. The van der Waals surface area contributed by atoms with Gasteiger partial charge in [-0.25, -0.2) is 14.0 Å². The van der Waals surface area contributed by atoms with E-state index in [4.69, 9.17) is 9.84 Å². The van der Waals surface area contributed by atoms with Gasteiger partial charge in [-0.15, -0.1) is 0 Å². The molecule has 0 aliphatic rings. The Kier molecular flexibility index (Phi) is 5.95. The third kappa shape index (κ3) is 5.29. The molecule has 0 radical (unpaired) electrons. The molecule has 0 fully saturated rings. The minimum Gasteiger partial charge on any atom is -0.494 e. The van der Waals surface area contributed by atoms with Crippen molar-refractivity contribution in [3.8, 4) is 5.75 Å². The molecule has 116 valence electrons. The minimum atomic E-state index is -1.10. The van der Waals surface area contributed by atoms with Gasteiger partial charge in [0.2, 0.25) is 0 Å². The van der Waals surface area contributed by atoms with Crippen molar-refractivity contribution in [3.05, 3.63) is 24.0 Å². The third-order valence-electron chi connectivity index (χ3n) is 2.72. The van der Waals surface area contributed by atoms with Crippen molar-refractivity contribution < 1.29 is 23.8 Å². The zero-order valence-corrected chi connectivity index (χ0v) is 12.1. The number of ether oxygens (including phenoxy) is 1. The fourth-order valence-electron chi connectivity index (χ4n) is 1.76. The van der Waals surface area contributed by atoms with Crippen molar-refractivity contribution in [2.75, 3.05) is 12.4 Å². The second kappa shape index (κ2) is 7.47. The average molecular weight is 298 g/mol. The Morgan fingerprint density at radius 2 is 2.05 bits per heavy atom. The Balaban J connectivity index is 2.69. The highest BCUT2D eigenvalue weighted by Crippen LogP contribution is 2.21. The summed E-state index contributed by atoms with van der Waals surface area (Å²) in [6.45, 7) is 3.72. The van der Waals surface area contributed by atoms with Crippen LogP contribution in [0, 0.1) is 11.7 Å². The maximum atomic E-state index is 13.2. The Hall–Kier alpha value is -2.31. The van der Waals surface area contributed by atoms with Gasteiger partial charge in [0.25, 0.3) is 0 Å². The number of carbonyl (C=O) groups is 2. The quantitative estimate of drug-likeness (QED) is 0.752. The van der Waals surface area contributed by atoms with E-state index in [2.05, 4.69) is 10.6 Å². The van der Waals surface area contributed by atoms with Gasteiger partial charge in [-0.05, 0) is 24.5 Å². The first-order chi connectivity index (χ1) is 9.83. The molecule has 0 bridgehead atoms. The lowest BCUT2D eigenvalue weighted by Crippen LogP contribution is -2.43. The van der Waals surface area contributed by atoms with Crippen LogP contribution in [0.25, 0.3) is 0 Å². The second-order valence-electron chi connectivity index (χ2n) is 4.97. The number of hydrogen-bond donors (Lipinski definition) is 3. The van der Waals surface area contributed by atoms with Gasteiger partial charge >= 0.3 is 12.0 Å². The van der Waals surface area contributed by atoms with Crippen molar-refractivity contribution in [1.82, 2.24) is 5.32 Å². The number of benzene rings is 1. The standard InChI is InChI=1S/C14H19FN2O4/c1-8(2)6-11(13(18)19)17-14(20)16-9-4-5-10(15)12(7-9)21-3/h4-5,7-8,11H,6H2,1-3H3,(H,18,19)(H2,16,17,20). The Labute approximate surface area is 122 Å². The number of amides is 2. The third-order valence-corrected chi connectivity index (χ3v) is 2.72. The monoisotopic (exact) mass is 298 g/mol. The van der Waals surface area contributed by atoms with Crippen molar-refractivity contribution in [1.29, 1.82) is 0 Å². The van der Waals surface area contributed by atoms with Crippen molar-refractivity contribution in [2.24, 2.45) is 5.92 Å². The summed E-state index contributed by atoms with van der Waals surface area (Å²) in [4.78, 5) is 22.8. The van der Waals surface area contributed by atoms with E-state index in [1.165, 1.54) is 19.2 Å². The average Bonchev–Trinajstić information content (AvgIpc) is 2.39. The van der Waals surface area contributed by atoms with Crippen molar-refractivity contribution in [2.45, 2.75) is 26.3 Å². The SMILES string of the molecule is COc1cc(NC(=O)NC(CC(C)C)C(=O)O)ccc1F. The van der Waals surface area contributed by atoms with Gasteiger partial charge in [-0.3, -0.25) is 0 Å². The molecule has 1 aromatic carbocycles. The first kappa shape index (κ1) is 16.7. The van der Waals surface area contributed by atoms with Crippen LogP contribution in [0.5, 0.6) is 5.75 Å². The summed E-state index contributed by atoms with van der Waals surface area (Å²) >= 11 is 0. The molecule has 1 aromatic rings. The number of carboxylic acids is 1. The zero-order valence-electron chi connectivity index (χ0n) is 12.1. The van der Waals surface area contributed by atoms with Crippen LogP contribution in [-0.2, 0) is 4.79 Å². The number of rotatable bonds is 6. The fourth-order valence-corrected chi connectivity index (χ4v) is 1.76. The van der Waals surface area contributed by atoms with Gasteiger partial charge < -0.3 is 20.5 Å². The van der Waals surface area contributed by atoms with Crippen molar-refractivity contribution in [3.63, 3.8) is 0 Å². The van der Waals surface area contributed by atoms with E-state index < -0.39 is 23.9 Å². The smallest absolute Gasteiger partial charge is 0.326 e. The summed E-state index contributed by atoms with van der Waals surface area (Å²) in [7, 11) is 1.31. The summed E-state index contributed by atoms with van der Waals surface area (Å²) in [5.74, 6) is -1.54. The number of aliphatic carboxylic acids is 1. The number of carboxylic acid groups (broad SMARTS) is 1. The van der Waals surface area contributed by atoms with Crippen LogP contribution in [-0.4, -0.2) is 30.3 Å². The van der Waals surface area contributed by atoms with Crippen LogP contribution >= 0.6 is 0 Å². The molecule has 3 N–H and O–H groups in total. The molecule has 21 heavy (non-hydrogen) atoms. The van der Waals surface area contributed by atoms with Gasteiger partial charge in [0, 0.05) is 11.8 Å². The summed E-state index contributed by atoms with van der Waals surface area (Å²) in [5, 5.41) is 13.9. The van der Waals surface area contributed by atoms with Crippen LogP contribution in [0.1, 0.15) is 20.3 Å². The molecule has 6 nitrogen and oxygen atoms in total. The number of carbonyl (C=O) groups excluding carboxylic acids is 1. The number of methoxy groups -OCH3 is 1. The van der Waals surface area contributed by atoms with E-state index in [9.17, 15) is 14.0 Å². The highest BCUT2D eigenvalue weighted by atomic mass is 19.1. The Morgan fingerprint density at radius 3 is 2.57 bits per heavy atom. The maximum absolute atomic E-state index is 13.2. The lowest BCUT2D eigenvalue weighted by Gasteiger charge is -2.17. The van der Waals surface area contributed by atoms with E-state index in [-0.39, 0.29) is 11.7 Å². The number of nitrogens with one attached hydrogen (secondary N) is 2. The summed E-state index contributed by atoms with van der Waals surface area (Å²) in [5.41, 5.74) is 0.305. The predicted octanol–water partition coefficient (Wildman–Crippen LogP) is 2.46. The predicted molar refractivity (Wildman–Crippen MR) is 76.0 cm³/mol. The molecule has 0 spiro atoms. The van der Waals surface area contributed by atoms with Gasteiger partial charge in [-0.2, -0.15) is 0 Å². The van der Waals surface area contributed by atoms with Gasteiger partial charge in [0.1, 0.15) is 6.04 Å². The van der Waals surface area contributed by atoms with Crippen molar-refractivity contribution >= 4 is 17.7 Å². The molecular weight excluding hydrogens is 279 g/mol. The van der Waals surface area contributed by atoms with E-state index in [0.717, 1.165) is 6.07 Å². The highest BCUT2D eigenvalue weighted by Gasteiger charge is 2.21. The minimum absolute atomic E-state index is 0.00948. The topological polar surface area (TPSA) is 87.7 Å². The molecule has 1 atom stereocenters. The summed E-state index contributed by atoms with van der Waals surface area (Å²) < 4.78 is 18.0. The van der Waals surface area contributed by atoms with Crippen LogP contribution in [0.4, 0.5) is 14.9 Å². The summed E-state index contributed by atoms with van der Waals surface area (Å²) in [6, 6.07) is 2.17. The molecule has 0 heterocycles. The highest BCUT2D eigenvalue weighted by molar-refractivity contribution is 5.92.